The molecule has 8 nitrogen and oxygen atoms in total. The number of amides is 1. The molecule has 0 saturated heterocycles. The molecule has 210 valence electrons. The number of allylic oxidation sites excluding steroid dienone is 3. The van der Waals surface area contributed by atoms with Gasteiger partial charge in [0.15, 0.2) is 10.1 Å². The van der Waals surface area contributed by atoms with Gasteiger partial charge in [0.05, 0.1) is 23.3 Å². The number of anilines is 1. The van der Waals surface area contributed by atoms with E-state index in [4.69, 9.17) is 5.73 Å². The van der Waals surface area contributed by atoms with Crippen LogP contribution in [0.25, 0.3) is 0 Å². The Morgan fingerprint density at radius 2 is 1.93 bits per heavy atom. The van der Waals surface area contributed by atoms with Crippen molar-refractivity contribution in [2.24, 2.45) is 11.1 Å². The predicted molar refractivity (Wildman–Crippen MR) is 157 cm³/mol. The normalized spacial score (nSPS) is 18.2. The highest BCUT2D eigenvalue weighted by atomic mass is 32.2. The first-order valence-electron chi connectivity index (χ1n) is 13.2. The lowest BCUT2D eigenvalue weighted by molar-refractivity contribution is -0.119. The minimum Gasteiger partial charge on any atom is -0.384 e. The predicted octanol–water partition coefficient (Wildman–Crippen LogP) is 5.07. The van der Waals surface area contributed by atoms with Gasteiger partial charge in [0.1, 0.15) is 11.6 Å². The lowest BCUT2D eigenvalue weighted by atomic mass is 9.68. The molecule has 0 radical (unpaired) electrons. The molecular formula is C30H29FN6O2S2. The molecule has 1 aliphatic carbocycles. The molecule has 3 N–H and O–H groups in total. The zero-order valence-electron chi connectivity index (χ0n) is 22.7. The molecule has 1 aliphatic heterocycles. The van der Waals surface area contributed by atoms with Gasteiger partial charge in [0, 0.05) is 29.8 Å². The van der Waals surface area contributed by atoms with Crippen molar-refractivity contribution in [2.75, 3.05) is 17.2 Å². The first-order valence-corrected chi connectivity index (χ1v) is 15.0. The number of rotatable bonds is 8. The number of nitrogens with zero attached hydrogens (tertiary/aromatic N) is 4. The zero-order valence-corrected chi connectivity index (χ0v) is 24.3. The Kier molecular flexibility index (Phi) is 8.24. The van der Waals surface area contributed by atoms with E-state index < -0.39 is 11.7 Å². The van der Waals surface area contributed by atoms with Crippen LogP contribution in [0.5, 0.6) is 0 Å². The number of carbonyl (C=O) groups excluding carboxylic acids is 2. The molecule has 2 aliphatic rings. The summed E-state index contributed by atoms with van der Waals surface area (Å²) in [4.78, 5) is 27.6. The lowest BCUT2D eigenvalue weighted by Crippen LogP contribution is -2.42. The summed E-state index contributed by atoms with van der Waals surface area (Å²) < 4.78 is 15.6. The van der Waals surface area contributed by atoms with Crippen molar-refractivity contribution in [3.8, 4) is 6.07 Å². The van der Waals surface area contributed by atoms with Crippen LogP contribution in [-0.4, -0.2) is 34.2 Å². The fraction of sp³-hybridized carbons (Fsp3) is 0.300. The van der Waals surface area contributed by atoms with Crippen LogP contribution in [0.15, 0.2) is 81.6 Å². The van der Waals surface area contributed by atoms with Crippen molar-refractivity contribution in [2.45, 2.75) is 43.4 Å². The highest BCUT2D eigenvalue weighted by Gasteiger charge is 2.46. The van der Waals surface area contributed by atoms with Gasteiger partial charge in [0.25, 0.3) is 0 Å². The van der Waals surface area contributed by atoms with Gasteiger partial charge in [-0.3, -0.25) is 14.5 Å². The summed E-state index contributed by atoms with van der Waals surface area (Å²) in [7, 11) is 0. The highest BCUT2D eigenvalue weighted by molar-refractivity contribution is 8.01. The van der Waals surface area contributed by atoms with E-state index in [0.717, 1.165) is 12.0 Å². The second-order valence-electron chi connectivity index (χ2n) is 10.7. The summed E-state index contributed by atoms with van der Waals surface area (Å²) in [6, 6.07) is 18.2. The second kappa shape index (κ2) is 11.8. The van der Waals surface area contributed by atoms with Gasteiger partial charge < -0.3 is 11.1 Å². The molecule has 0 saturated carbocycles. The van der Waals surface area contributed by atoms with E-state index in [1.54, 1.807) is 23.1 Å². The maximum atomic E-state index is 15.0. The summed E-state index contributed by atoms with van der Waals surface area (Å²) >= 11 is 2.47. The fourth-order valence-corrected chi connectivity index (χ4v) is 6.98. The number of Topliss-reactive ketones (excluding diaryl/α,β-unsaturated/α-hetero) is 1. The summed E-state index contributed by atoms with van der Waals surface area (Å²) in [6.07, 6.45) is 1.48. The first-order chi connectivity index (χ1) is 19.7. The number of hydrogen-bond donors (Lipinski definition) is 2. The number of carbonyl (C=O) groups is 2. The third kappa shape index (κ3) is 6.04. The third-order valence-corrected chi connectivity index (χ3v) is 9.13. The molecule has 1 aromatic heterocycles. The smallest absolute Gasteiger partial charge is 0.230 e. The molecule has 41 heavy (non-hydrogen) atoms. The van der Waals surface area contributed by atoms with Gasteiger partial charge in [-0.1, -0.05) is 85.5 Å². The average Bonchev–Trinajstić information content (AvgIpc) is 3.40. The number of nitriles is 1. The first kappa shape index (κ1) is 28.5. The lowest BCUT2D eigenvalue weighted by Gasteiger charge is -2.42. The molecule has 0 spiro atoms. The molecule has 1 atom stereocenters. The molecule has 3 aromatic rings. The maximum Gasteiger partial charge on any atom is 0.230 e. The SMILES string of the molecule is CC1(C)CC(=O)C2=C(C1)N(c1nnc(SCC(=O)NCCc3ccccc3)s1)C(N)=C(C#N)C2c1ccccc1F. The molecule has 2 heterocycles. The Labute approximate surface area is 246 Å². The fourth-order valence-electron chi connectivity index (χ4n) is 5.27. The number of ketones is 1. The van der Waals surface area contributed by atoms with E-state index in [2.05, 4.69) is 21.6 Å². The number of aromatic nitrogens is 2. The minimum atomic E-state index is -0.905. The van der Waals surface area contributed by atoms with Gasteiger partial charge in [0.2, 0.25) is 11.0 Å². The number of nitrogens with two attached hydrogens (primary N) is 1. The van der Waals surface area contributed by atoms with Gasteiger partial charge >= 0.3 is 0 Å². The van der Waals surface area contributed by atoms with Gasteiger partial charge in [-0.15, -0.1) is 10.2 Å². The summed E-state index contributed by atoms with van der Waals surface area (Å²) in [6.45, 7) is 4.51. The van der Waals surface area contributed by atoms with E-state index in [1.165, 1.54) is 29.2 Å². The van der Waals surface area contributed by atoms with Crippen molar-refractivity contribution in [1.82, 2.24) is 15.5 Å². The standard InChI is InChI=1S/C30H29FN6O2S2/c1-30(2)14-22-26(23(38)15-30)25(19-10-6-7-11-21(19)31)20(16-32)27(33)37(22)28-35-36-29(41-28)40-17-24(39)34-13-12-18-8-4-3-5-9-18/h3-11,25H,12-15,17,33H2,1-2H3,(H,34,39). The summed E-state index contributed by atoms with van der Waals surface area (Å²) in [5.74, 6) is -1.43. The van der Waals surface area contributed by atoms with Crippen LogP contribution in [0.3, 0.4) is 0 Å². The number of benzene rings is 2. The Balaban J connectivity index is 1.39. The van der Waals surface area contributed by atoms with Crippen LogP contribution in [-0.2, 0) is 16.0 Å². The van der Waals surface area contributed by atoms with Crippen LogP contribution in [0.2, 0.25) is 0 Å². The second-order valence-corrected chi connectivity index (χ2v) is 12.9. The monoisotopic (exact) mass is 588 g/mol. The Bertz CT molecular complexity index is 1590. The third-order valence-electron chi connectivity index (χ3n) is 7.09. The molecular weight excluding hydrogens is 560 g/mol. The highest BCUT2D eigenvalue weighted by Crippen LogP contribution is 2.51. The van der Waals surface area contributed by atoms with Crippen molar-refractivity contribution in [3.63, 3.8) is 0 Å². The van der Waals surface area contributed by atoms with Gasteiger partial charge in [-0.25, -0.2) is 4.39 Å². The molecule has 5 rings (SSSR count). The van der Waals surface area contributed by atoms with Crippen LogP contribution in [0.4, 0.5) is 9.52 Å². The largest absolute Gasteiger partial charge is 0.384 e. The summed E-state index contributed by atoms with van der Waals surface area (Å²) in [5.41, 5.74) is 8.66. The van der Waals surface area contributed by atoms with Crippen LogP contribution in [0.1, 0.15) is 43.7 Å². The average molecular weight is 589 g/mol. The molecule has 0 fully saturated rings. The molecule has 2 aromatic carbocycles. The zero-order chi connectivity index (χ0) is 29.1. The van der Waals surface area contributed by atoms with E-state index >= 15 is 4.39 Å². The van der Waals surface area contributed by atoms with E-state index in [0.29, 0.717) is 33.7 Å². The van der Waals surface area contributed by atoms with E-state index in [9.17, 15) is 14.9 Å². The van der Waals surface area contributed by atoms with Crippen LogP contribution < -0.4 is 16.0 Å². The van der Waals surface area contributed by atoms with Crippen LogP contribution >= 0.6 is 23.1 Å². The number of nitrogens with one attached hydrogen (secondary N) is 1. The van der Waals surface area contributed by atoms with Gasteiger partial charge in [-0.2, -0.15) is 5.26 Å². The van der Waals surface area contributed by atoms with E-state index in [-0.39, 0.29) is 46.2 Å². The maximum absolute atomic E-state index is 15.0. The van der Waals surface area contributed by atoms with Gasteiger partial charge in [-0.05, 0) is 29.9 Å². The Hall–Kier alpha value is -4.01. The molecule has 0 bridgehead atoms. The van der Waals surface area contributed by atoms with E-state index in [1.807, 2.05) is 44.2 Å². The molecule has 1 amide bonds. The van der Waals surface area contributed by atoms with Crippen LogP contribution in [0, 0.1) is 22.6 Å². The Morgan fingerprint density at radius 3 is 2.66 bits per heavy atom. The quantitative estimate of drug-likeness (QED) is 0.350. The van der Waals surface area contributed by atoms with Crippen molar-refractivity contribution in [3.05, 3.63) is 94.2 Å². The van der Waals surface area contributed by atoms with Crippen molar-refractivity contribution < 1.29 is 14.0 Å². The topological polar surface area (TPSA) is 125 Å². The number of thioether (sulfide) groups is 1. The molecule has 11 heteroatoms. The summed E-state index contributed by atoms with van der Waals surface area (Å²) in [5, 5.41) is 22.0. The number of halogens is 1. The Morgan fingerprint density at radius 1 is 1.20 bits per heavy atom. The van der Waals surface area contributed by atoms with Crippen molar-refractivity contribution in [1.29, 1.82) is 5.26 Å². The molecule has 1 unspecified atom stereocenters. The minimum absolute atomic E-state index is 0.0871. The number of hydrogen-bond acceptors (Lipinski definition) is 9. The van der Waals surface area contributed by atoms with Crippen molar-refractivity contribution >= 4 is 39.9 Å².